The summed E-state index contributed by atoms with van der Waals surface area (Å²) in [6, 6.07) is 12.7. The van der Waals surface area contributed by atoms with Gasteiger partial charge in [-0.2, -0.15) is 0 Å². The van der Waals surface area contributed by atoms with E-state index in [1.54, 1.807) is 4.90 Å². The van der Waals surface area contributed by atoms with E-state index in [2.05, 4.69) is 10.2 Å². The van der Waals surface area contributed by atoms with Gasteiger partial charge < -0.3 is 15.1 Å². The Balaban J connectivity index is 1.55. The van der Waals surface area contributed by atoms with Gasteiger partial charge in [0.2, 0.25) is 0 Å². The first kappa shape index (κ1) is 15.3. The number of benzene rings is 2. The summed E-state index contributed by atoms with van der Waals surface area (Å²) >= 11 is 0. The summed E-state index contributed by atoms with van der Waals surface area (Å²) in [6.07, 6.45) is 0. The van der Waals surface area contributed by atoms with Gasteiger partial charge in [0.1, 0.15) is 11.6 Å². The topological polar surface area (TPSA) is 35.6 Å². The molecule has 6 heteroatoms. The molecule has 0 aliphatic carbocycles. The Kier molecular flexibility index (Phi) is 4.14. The molecular weight excluding hydrogens is 300 g/mol. The molecule has 23 heavy (non-hydrogen) atoms. The first-order chi connectivity index (χ1) is 11.0. The number of hydrogen-bond acceptors (Lipinski definition) is 2. The fourth-order valence-corrected chi connectivity index (χ4v) is 2.57. The Hall–Kier alpha value is -2.63. The summed E-state index contributed by atoms with van der Waals surface area (Å²) in [5.74, 6) is -1.43. The van der Waals surface area contributed by atoms with E-state index < -0.39 is 11.6 Å². The van der Waals surface area contributed by atoms with Crippen LogP contribution in [0.15, 0.2) is 48.5 Å². The van der Waals surface area contributed by atoms with Crippen molar-refractivity contribution in [3.05, 3.63) is 60.2 Å². The first-order valence-electron chi connectivity index (χ1n) is 7.33. The molecule has 4 nitrogen and oxygen atoms in total. The normalized spacial score (nSPS) is 14.3. The molecule has 1 aliphatic heterocycles. The van der Waals surface area contributed by atoms with Crippen LogP contribution in [0.25, 0.3) is 0 Å². The van der Waals surface area contributed by atoms with Gasteiger partial charge in [-0.15, -0.1) is 0 Å². The summed E-state index contributed by atoms with van der Waals surface area (Å²) in [6.45, 7) is 1.13. The summed E-state index contributed by atoms with van der Waals surface area (Å²) in [4.78, 5) is 15.8. The molecule has 120 valence electrons. The van der Waals surface area contributed by atoms with Gasteiger partial charge in [0.25, 0.3) is 0 Å². The number of nitrogens with zero attached hydrogens (tertiary/aromatic N) is 2. The number of rotatable bonds is 3. The van der Waals surface area contributed by atoms with Crippen molar-refractivity contribution in [1.82, 2.24) is 4.90 Å². The molecule has 0 radical (unpaired) electrons. The number of carbonyl (C=O) groups is 1. The van der Waals surface area contributed by atoms with Gasteiger partial charge in [-0.3, -0.25) is 0 Å². The molecule has 1 saturated heterocycles. The van der Waals surface area contributed by atoms with Gasteiger partial charge in [-0.25, -0.2) is 13.6 Å². The van der Waals surface area contributed by atoms with Crippen LogP contribution in [0.3, 0.4) is 0 Å². The molecule has 0 bridgehead atoms. The second kappa shape index (κ2) is 6.24. The number of likely N-dealkylation sites (N-methyl/N-ethyl adjacent to an activating group) is 1. The third kappa shape index (κ3) is 3.41. The molecule has 0 atom stereocenters. The molecule has 1 N–H and O–H groups in total. The van der Waals surface area contributed by atoms with E-state index in [-0.39, 0.29) is 17.8 Å². The highest BCUT2D eigenvalue weighted by atomic mass is 19.1. The molecular formula is C17H17F2N3O. The van der Waals surface area contributed by atoms with Crippen molar-refractivity contribution in [2.45, 2.75) is 6.04 Å². The predicted octanol–water partition coefficient (Wildman–Crippen LogP) is 3.32. The molecule has 0 unspecified atom stereocenters. The Morgan fingerprint density at radius 3 is 2.35 bits per heavy atom. The zero-order valence-electron chi connectivity index (χ0n) is 12.7. The number of amides is 2. The van der Waals surface area contributed by atoms with Gasteiger partial charge in [-0.1, -0.05) is 18.2 Å². The molecule has 2 aromatic carbocycles. The lowest BCUT2D eigenvalue weighted by atomic mass is 10.1. The summed E-state index contributed by atoms with van der Waals surface area (Å²) in [7, 11) is 1.98. The smallest absolute Gasteiger partial charge is 0.321 e. The molecule has 0 saturated carbocycles. The number of likely N-dealkylation sites (tertiary alicyclic amines) is 1. The quantitative estimate of drug-likeness (QED) is 0.942. The van der Waals surface area contributed by atoms with Crippen molar-refractivity contribution in [1.29, 1.82) is 0 Å². The first-order valence-corrected chi connectivity index (χ1v) is 7.33. The maximum atomic E-state index is 13.1. The highest BCUT2D eigenvalue weighted by Crippen LogP contribution is 2.22. The number of urea groups is 1. The van der Waals surface area contributed by atoms with E-state index in [4.69, 9.17) is 0 Å². The van der Waals surface area contributed by atoms with Crippen LogP contribution in [0.4, 0.5) is 25.0 Å². The minimum atomic E-state index is -0.717. The fraction of sp³-hybridized carbons (Fsp3) is 0.235. The van der Waals surface area contributed by atoms with Crippen LogP contribution in [-0.2, 0) is 0 Å². The van der Waals surface area contributed by atoms with Crippen molar-refractivity contribution in [3.8, 4) is 0 Å². The Labute approximate surface area is 133 Å². The molecule has 3 rings (SSSR count). The monoisotopic (exact) mass is 317 g/mol. The van der Waals surface area contributed by atoms with Crippen molar-refractivity contribution >= 4 is 17.4 Å². The largest absolute Gasteiger partial charge is 0.368 e. The van der Waals surface area contributed by atoms with Crippen LogP contribution in [0.5, 0.6) is 0 Å². The van der Waals surface area contributed by atoms with Crippen LogP contribution in [0.2, 0.25) is 0 Å². The second-order valence-electron chi connectivity index (χ2n) is 5.59. The third-order valence-corrected chi connectivity index (χ3v) is 3.97. The Morgan fingerprint density at radius 1 is 1.13 bits per heavy atom. The summed E-state index contributed by atoms with van der Waals surface area (Å²) < 4.78 is 26.2. The average Bonchev–Trinajstić information content (AvgIpc) is 2.45. The Morgan fingerprint density at radius 2 is 1.74 bits per heavy atom. The van der Waals surface area contributed by atoms with Crippen molar-refractivity contribution < 1.29 is 13.6 Å². The number of hydrogen-bond donors (Lipinski definition) is 1. The number of carbonyl (C=O) groups excluding carboxylic acids is 1. The molecule has 1 fully saturated rings. The maximum absolute atomic E-state index is 13.1. The highest BCUT2D eigenvalue weighted by Gasteiger charge is 2.33. The zero-order chi connectivity index (χ0) is 16.4. The number of anilines is 2. The van der Waals surface area contributed by atoms with Crippen LogP contribution < -0.4 is 10.2 Å². The van der Waals surface area contributed by atoms with Gasteiger partial charge in [0.15, 0.2) is 0 Å². The summed E-state index contributed by atoms with van der Waals surface area (Å²) in [5.41, 5.74) is 1.21. The maximum Gasteiger partial charge on any atom is 0.321 e. The number of halogens is 2. The molecule has 2 amide bonds. The van der Waals surface area contributed by atoms with Crippen molar-refractivity contribution in [2.75, 3.05) is 30.4 Å². The Bertz CT molecular complexity index is 682. The lowest BCUT2D eigenvalue weighted by Crippen LogP contribution is -2.61. The second-order valence-corrected chi connectivity index (χ2v) is 5.59. The standard InChI is InChI=1S/C17H17F2N3O/c1-21(15-5-3-2-4-6-15)16-10-22(11-16)17(23)20-14-8-12(18)7-13(19)9-14/h2-9,16H,10-11H2,1H3,(H,20,23). The molecule has 0 spiro atoms. The molecule has 2 aromatic rings. The van der Waals surface area contributed by atoms with Gasteiger partial charge in [0.05, 0.1) is 6.04 Å². The summed E-state index contributed by atoms with van der Waals surface area (Å²) in [5, 5.41) is 2.51. The predicted molar refractivity (Wildman–Crippen MR) is 85.6 cm³/mol. The zero-order valence-corrected chi connectivity index (χ0v) is 12.7. The van der Waals surface area contributed by atoms with Gasteiger partial charge in [-0.05, 0) is 24.3 Å². The molecule has 1 heterocycles. The minimum Gasteiger partial charge on any atom is -0.368 e. The van der Waals surface area contributed by atoms with E-state index in [1.165, 1.54) is 0 Å². The minimum absolute atomic E-state index is 0.118. The highest BCUT2D eigenvalue weighted by molar-refractivity contribution is 5.90. The van der Waals surface area contributed by atoms with E-state index in [9.17, 15) is 13.6 Å². The average molecular weight is 317 g/mol. The number of para-hydroxylation sites is 1. The molecule has 1 aliphatic rings. The van der Waals surface area contributed by atoms with Crippen LogP contribution in [0.1, 0.15) is 0 Å². The van der Waals surface area contributed by atoms with Crippen LogP contribution >= 0.6 is 0 Å². The number of nitrogens with one attached hydrogen (secondary N) is 1. The van der Waals surface area contributed by atoms with E-state index in [0.29, 0.717) is 13.1 Å². The van der Waals surface area contributed by atoms with Crippen molar-refractivity contribution in [3.63, 3.8) is 0 Å². The SMILES string of the molecule is CN(c1ccccc1)C1CN(C(=O)Nc2cc(F)cc(F)c2)C1. The van der Waals surface area contributed by atoms with E-state index >= 15 is 0 Å². The van der Waals surface area contributed by atoms with E-state index in [0.717, 1.165) is 23.9 Å². The third-order valence-electron chi connectivity index (χ3n) is 3.97. The van der Waals surface area contributed by atoms with Gasteiger partial charge >= 0.3 is 6.03 Å². The lowest BCUT2D eigenvalue weighted by Gasteiger charge is -2.44. The van der Waals surface area contributed by atoms with E-state index in [1.807, 2.05) is 37.4 Å². The van der Waals surface area contributed by atoms with Crippen molar-refractivity contribution in [2.24, 2.45) is 0 Å². The van der Waals surface area contributed by atoms with Crippen LogP contribution in [0, 0.1) is 11.6 Å². The fourth-order valence-electron chi connectivity index (χ4n) is 2.57. The molecule has 0 aromatic heterocycles. The van der Waals surface area contributed by atoms with Gasteiger partial charge in [0, 0.05) is 37.6 Å². The lowest BCUT2D eigenvalue weighted by molar-refractivity contribution is 0.163. The van der Waals surface area contributed by atoms with Crippen LogP contribution in [-0.4, -0.2) is 37.1 Å².